The lowest BCUT2D eigenvalue weighted by Crippen LogP contribution is -2.45. The Balaban J connectivity index is 1.74. The molecule has 1 aliphatic rings. The smallest absolute Gasteiger partial charge is 0.367 e. The van der Waals surface area contributed by atoms with E-state index in [1.807, 2.05) is 0 Å². The second kappa shape index (κ2) is 6.36. The first kappa shape index (κ1) is 15.0. The van der Waals surface area contributed by atoms with Gasteiger partial charge >= 0.3 is 6.18 Å². The molecule has 1 fully saturated rings. The van der Waals surface area contributed by atoms with E-state index in [0.717, 1.165) is 38.8 Å². The lowest BCUT2D eigenvalue weighted by Gasteiger charge is -2.32. The number of alkyl halides is 3. The Labute approximate surface area is 115 Å². The van der Waals surface area contributed by atoms with Crippen LogP contribution in [-0.4, -0.2) is 66.3 Å². The van der Waals surface area contributed by atoms with Crippen molar-refractivity contribution in [3.05, 3.63) is 17.8 Å². The van der Waals surface area contributed by atoms with Gasteiger partial charge in [-0.25, -0.2) is 0 Å². The van der Waals surface area contributed by atoms with E-state index in [0.29, 0.717) is 12.4 Å². The number of rotatable bonds is 4. The lowest BCUT2D eigenvalue weighted by atomic mass is 10.3. The standard InChI is InChI=1S/C12H18F3N5/c1-19-6-8-20(9-7-19)5-4-16-11-3-2-10(17-18-11)12(13,14)15/h2-3H,4-9H2,1H3,(H,16,18). The fourth-order valence-electron chi connectivity index (χ4n) is 1.99. The van der Waals surface area contributed by atoms with Gasteiger partial charge in [-0.2, -0.15) is 13.2 Å². The highest BCUT2D eigenvalue weighted by Gasteiger charge is 2.32. The maximum atomic E-state index is 12.3. The molecule has 0 radical (unpaired) electrons. The molecule has 0 atom stereocenters. The van der Waals surface area contributed by atoms with E-state index in [4.69, 9.17) is 0 Å². The average Bonchev–Trinajstić information content (AvgIpc) is 2.41. The van der Waals surface area contributed by atoms with Gasteiger partial charge in [-0.3, -0.25) is 4.90 Å². The van der Waals surface area contributed by atoms with Gasteiger partial charge in [0.05, 0.1) is 0 Å². The quantitative estimate of drug-likeness (QED) is 0.901. The summed E-state index contributed by atoms with van der Waals surface area (Å²) in [5.74, 6) is 0.368. The van der Waals surface area contributed by atoms with Gasteiger partial charge in [0.15, 0.2) is 5.69 Å². The summed E-state index contributed by atoms with van der Waals surface area (Å²) in [5, 5.41) is 9.69. The van der Waals surface area contributed by atoms with Crippen LogP contribution in [0.5, 0.6) is 0 Å². The fraction of sp³-hybridized carbons (Fsp3) is 0.667. The summed E-state index contributed by atoms with van der Waals surface area (Å²) >= 11 is 0. The Kier molecular flexibility index (Phi) is 4.77. The van der Waals surface area contributed by atoms with Crippen LogP contribution in [0.15, 0.2) is 12.1 Å². The normalized spacial score (nSPS) is 18.2. The molecule has 20 heavy (non-hydrogen) atoms. The van der Waals surface area contributed by atoms with Gasteiger partial charge in [-0.1, -0.05) is 0 Å². The molecule has 0 unspecified atom stereocenters. The zero-order valence-electron chi connectivity index (χ0n) is 11.3. The van der Waals surface area contributed by atoms with Crippen molar-refractivity contribution >= 4 is 5.82 Å². The van der Waals surface area contributed by atoms with Crippen molar-refractivity contribution in [1.82, 2.24) is 20.0 Å². The van der Waals surface area contributed by atoms with Crippen LogP contribution in [0.3, 0.4) is 0 Å². The van der Waals surface area contributed by atoms with Gasteiger partial charge in [0.25, 0.3) is 0 Å². The van der Waals surface area contributed by atoms with Crippen molar-refractivity contribution in [1.29, 1.82) is 0 Å². The lowest BCUT2D eigenvalue weighted by molar-refractivity contribution is -0.141. The number of piperazine rings is 1. The minimum Gasteiger partial charge on any atom is -0.367 e. The highest BCUT2D eigenvalue weighted by Crippen LogP contribution is 2.26. The minimum absolute atomic E-state index is 0.368. The first-order chi connectivity index (χ1) is 9.45. The van der Waals surface area contributed by atoms with Gasteiger partial charge < -0.3 is 10.2 Å². The van der Waals surface area contributed by atoms with Crippen LogP contribution in [0.2, 0.25) is 0 Å². The molecule has 2 rings (SSSR count). The molecule has 1 N–H and O–H groups in total. The summed E-state index contributed by atoms with van der Waals surface area (Å²) in [4.78, 5) is 4.58. The van der Waals surface area contributed by atoms with Gasteiger partial charge in [-0.15, -0.1) is 10.2 Å². The van der Waals surface area contributed by atoms with E-state index in [1.54, 1.807) is 0 Å². The van der Waals surface area contributed by atoms with Gasteiger partial charge in [0, 0.05) is 39.3 Å². The first-order valence-electron chi connectivity index (χ1n) is 6.51. The third kappa shape index (κ3) is 4.31. The Morgan fingerprint density at radius 2 is 1.85 bits per heavy atom. The number of anilines is 1. The summed E-state index contributed by atoms with van der Waals surface area (Å²) in [6.45, 7) is 5.59. The molecular weight excluding hydrogens is 271 g/mol. The van der Waals surface area contributed by atoms with E-state index >= 15 is 0 Å². The average molecular weight is 289 g/mol. The number of hydrogen-bond acceptors (Lipinski definition) is 5. The molecule has 0 spiro atoms. The molecule has 1 saturated heterocycles. The van der Waals surface area contributed by atoms with E-state index in [1.165, 1.54) is 6.07 Å². The van der Waals surface area contributed by atoms with Crippen LogP contribution in [-0.2, 0) is 6.18 Å². The van der Waals surface area contributed by atoms with Crippen molar-refractivity contribution in [2.45, 2.75) is 6.18 Å². The summed E-state index contributed by atoms with van der Waals surface area (Å²) < 4.78 is 36.9. The summed E-state index contributed by atoms with van der Waals surface area (Å²) in [7, 11) is 2.09. The third-order valence-electron chi connectivity index (χ3n) is 3.29. The second-order valence-electron chi connectivity index (χ2n) is 4.87. The van der Waals surface area contributed by atoms with Crippen LogP contribution in [0.1, 0.15) is 5.69 Å². The Hall–Kier alpha value is -1.41. The zero-order chi connectivity index (χ0) is 14.6. The number of hydrogen-bond donors (Lipinski definition) is 1. The maximum Gasteiger partial charge on any atom is 0.435 e. The number of nitrogens with zero attached hydrogens (tertiary/aromatic N) is 4. The van der Waals surface area contributed by atoms with E-state index in [2.05, 4.69) is 32.4 Å². The monoisotopic (exact) mass is 289 g/mol. The number of halogens is 3. The van der Waals surface area contributed by atoms with Crippen molar-refractivity contribution in [2.24, 2.45) is 0 Å². The highest BCUT2D eigenvalue weighted by atomic mass is 19.4. The van der Waals surface area contributed by atoms with Crippen LogP contribution >= 0.6 is 0 Å². The molecule has 1 aliphatic heterocycles. The maximum absolute atomic E-state index is 12.3. The van der Waals surface area contributed by atoms with E-state index < -0.39 is 11.9 Å². The summed E-state index contributed by atoms with van der Waals surface area (Å²) in [5.41, 5.74) is -0.970. The molecule has 0 amide bonds. The molecular formula is C12H18F3N5. The molecule has 5 nitrogen and oxygen atoms in total. The molecule has 0 saturated carbocycles. The minimum atomic E-state index is -4.44. The molecule has 0 bridgehead atoms. The predicted octanol–water partition coefficient (Wildman–Crippen LogP) is 1.15. The van der Waals surface area contributed by atoms with Gasteiger partial charge in [0.2, 0.25) is 0 Å². The SMILES string of the molecule is CN1CCN(CCNc2ccc(C(F)(F)F)nn2)CC1. The molecule has 112 valence electrons. The molecule has 2 heterocycles. The van der Waals surface area contributed by atoms with Crippen molar-refractivity contribution < 1.29 is 13.2 Å². The zero-order valence-corrected chi connectivity index (χ0v) is 11.3. The number of likely N-dealkylation sites (N-methyl/N-ethyl adjacent to an activating group) is 1. The molecule has 0 aliphatic carbocycles. The van der Waals surface area contributed by atoms with E-state index in [-0.39, 0.29) is 0 Å². The van der Waals surface area contributed by atoms with E-state index in [9.17, 15) is 13.2 Å². The number of aromatic nitrogens is 2. The van der Waals surface area contributed by atoms with Gasteiger partial charge in [0.1, 0.15) is 5.82 Å². The molecule has 8 heteroatoms. The van der Waals surface area contributed by atoms with Crippen LogP contribution in [0, 0.1) is 0 Å². The van der Waals surface area contributed by atoms with Gasteiger partial charge in [-0.05, 0) is 19.2 Å². The van der Waals surface area contributed by atoms with Crippen molar-refractivity contribution in [2.75, 3.05) is 51.6 Å². The summed E-state index contributed by atoms with van der Waals surface area (Å²) in [6.07, 6.45) is -4.44. The molecule has 1 aromatic rings. The predicted molar refractivity (Wildman–Crippen MR) is 69.5 cm³/mol. The highest BCUT2D eigenvalue weighted by molar-refractivity contribution is 5.33. The first-order valence-corrected chi connectivity index (χ1v) is 6.51. The Morgan fingerprint density at radius 1 is 1.15 bits per heavy atom. The van der Waals surface area contributed by atoms with Crippen LogP contribution < -0.4 is 5.32 Å². The summed E-state index contributed by atoms with van der Waals surface area (Å²) in [6, 6.07) is 2.24. The van der Waals surface area contributed by atoms with Crippen LogP contribution in [0.25, 0.3) is 0 Å². The van der Waals surface area contributed by atoms with Crippen molar-refractivity contribution in [3.8, 4) is 0 Å². The molecule has 0 aromatic carbocycles. The third-order valence-corrected chi connectivity index (χ3v) is 3.29. The fourth-order valence-corrected chi connectivity index (χ4v) is 1.99. The molecule has 1 aromatic heterocycles. The number of nitrogens with one attached hydrogen (secondary N) is 1. The second-order valence-corrected chi connectivity index (χ2v) is 4.87. The largest absolute Gasteiger partial charge is 0.435 e. The Bertz CT molecular complexity index is 412. The topological polar surface area (TPSA) is 44.3 Å². The Morgan fingerprint density at radius 3 is 2.40 bits per heavy atom. The van der Waals surface area contributed by atoms with Crippen molar-refractivity contribution in [3.63, 3.8) is 0 Å². The van der Waals surface area contributed by atoms with Crippen LogP contribution in [0.4, 0.5) is 19.0 Å².